The number of anilines is 2. The Labute approximate surface area is 221 Å². The quantitative estimate of drug-likeness (QED) is 0.440. The van der Waals surface area contributed by atoms with Crippen molar-refractivity contribution in [2.75, 3.05) is 23.3 Å². The van der Waals surface area contributed by atoms with Crippen LogP contribution < -0.4 is 21.1 Å². The second-order valence-corrected chi connectivity index (χ2v) is 10.8. The van der Waals surface area contributed by atoms with E-state index in [0.29, 0.717) is 42.0 Å². The molecule has 0 saturated carbocycles. The Morgan fingerprint density at radius 2 is 1.92 bits per heavy atom. The molecule has 1 amide bonds. The Balaban J connectivity index is 1.67. The monoisotopic (exact) mass is 521 g/mol. The van der Waals surface area contributed by atoms with Crippen molar-refractivity contribution in [2.24, 2.45) is 7.05 Å². The molecule has 0 radical (unpaired) electrons. The van der Waals surface area contributed by atoms with E-state index in [1.807, 2.05) is 51.7 Å². The number of para-hydroxylation sites is 1. The van der Waals surface area contributed by atoms with Crippen molar-refractivity contribution in [1.29, 1.82) is 0 Å². The molecule has 1 aliphatic rings. The molecule has 0 bridgehead atoms. The van der Waals surface area contributed by atoms with E-state index in [1.165, 1.54) is 0 Å². The number of ether oxygens (including phenoxy) is 1. The average molecular weight is 522 g/mol. The number of carbonyl (C=O) groups excluding carboxylic acids is 1. The summed E-state index contributed by atoms with van der Waals surface area (Å²) in [5.74, 6) is -0.508. The number of rotatable bonds is 6. The topological polar surface area (TPSA) is 126 Å². The second-order valence-electron chi connectivity index (χ2n) is 10.8. The predicted octanol–water partition coefficient (Wildman–Crippen LogP) is 4.22. The van der Waals surface area contributed by atoms with E-state index in [2.05, 4.69) is 10.6 Å². The Morgan fingerprint density at radius 3 is 2.61 bits per heavy atom. The maximum Gasteiger partial charge on any atom is 0.407 e. The molecule has 1 saturated heterocycles. The van der Waals surface area contributed by atoms with E-state index < -0.39 is 17.7 Å². The predicted molar refractivity (Wildman–Crippen MR) is 147 cm³/mol. The van der Waals surface area contributed by atoms with Gasteiger partial charge in [0.05, 0.1) is 28.6 Å². The summed E-state index contributed by atoms with van der Waals surface area (Å²) in [6, 6.07) is 10.1. The molecule has 2 atom stereocenters. The highest BCUT2D eigenvalue weighted by molar-refractivity contribution is 5.94. The molecular weight excluding hydrogens is 486 g/mol. The summed E-state index contributed by atoms with van der Waals surface area (Å²) in [5.41, 5.74) is 2.16. The zero-order valence-corrected chi connectivity index (χ0v) is 22.7. The fourth-order valence-corrected chi connectivity index (χ4v) is 4.79. The first-order chi connectivity index (χ1) is 17.8. The number of benzene rings is 2. The van der Waals surface area contributed by atoms with Crippen LogP contribution in [0.25, 0.3) is 10.9 Å². The van der Waals surface area contributed by atoms with Crippen LogP contribution >= 0.6 is 0 Å². The first-order valence-electron chi connectivity index (χ1n) is 12.7. The summed E-state index contributed by atoms with van der Waals surface area (Å²) in [4.78, 5) is 44.4. The van der Waals surface area contributed by atoms with Crippen LogP contribution in [0.2, 0.25) is 0 Å². The molecule has 10 heteroatoms. The molecule has 1 aliphatic heterocycles. The largest absolute Gasteiger partial charge is 0.478 e. The van der Waals surface area contributed by atoms with Crippen LogP contribution in [0.3, 0.4) is 0 Å². The third-order valence-electron chi connectivity index (χ3n) is 6.52. The van der Waals surface area contributed by atoms with Crippen molar-refractivity contribution >= 4 is 34.6 Å². The number of amides is 1. The fraction of sp³-hybridized carbons (Fsp3) is 0.429. The summed E-state index contributed by atoms with van der Waals surface area (Å²) < 4.78 is 6.92. The summed E-state index contributed by atoms with van der Waals surface area (Å²) in [5, 5.41) is 16.3. The van der Waals surface area contributed by atoms with Gasteiger partial charge in [0.15, 0.2) is 0 Å². The van der Waals surface area contributed by atoms with Gasteiger partial charge in [-0.25, -0.2) is 14.6 Å². The number of nitrogens with one attached hydrogen (secondary N) is 2. The minimum absolute atomic E-state index is 0.136. The van der Waals surface area contributed by atoms with E-state index in [1.54, 1.807) is 35.9 Å². The van der Waals surface area contributed by atoms with Gasteiger partial charge in [0.1, 0.15) is 5.60 Å². The Hall–Kier alpha value is -4.08. The van der Waals surface area contributed by atoms with E-state index >= 15 is 0 Å². The molecule has 4 rings (SSSR count). The molecule has 2 unspecified atom stereocenters. The number of aromatic carboxylic acids is 1. The number of aromatic nitrogens is 2. The molecule has 0 spiro atoms. The molecule has 10 nitrogen and oxygen atoms in total. The van der Waals surface area contributed by atoms with Gasteiger partial charge in [0, 0.05) is 31.4 Å². The van der Waals surface area contributed by atoms with E-state index in [0.717, 1.165) is 11.1 Å². The van der Waals surface area contributed by atoms with Crippen LogP contribution in [-0.4, -0.2) is 51.5 Å². The standard InChI is InChI=1S/C28H35N5O5/c1-16-13-20(17(2)29-22-10-8-7-9-19(22)25(35)36)23-21(14-16)24(34)32(6)26(31-23)33-12-11-18(15-33)30-27(37)38-28(3,4)5/h7-10,13-14,17-18,29H,11-12,15H2,1-6H3,(H,30,37)(H,35,36). The van der Waals surface area contributed by atoms with Crippen LogP contribution in [0, 0.1) is 6.92 Å². The summed E-state index contributed by atoms with van der Waals surface area (Å²) in [6.45, 7) is 10.4. The lowest BCUT2D eigenvalue weighted by Crippen LogP contribution is -2.41. The van der Waals surface area contributed by atoms with Gasteiger partial charge in [0.25, 0.3) is 5.56 Å². The summed E-state index contributed by atoms with van der Waals surface area (Å²) >= 11 is 0. The normalized spacial score (nSPS) is 16.4. The van der Waals surface area contributed by atoms with Crippen LogP contribution in [0.5, 0.6) is 0 Å². The molecule has 3 aromatic rings. The molecule has 1 fully saturated rings. The first-order valence-corrected chi connectivity index (χ1v) is 12.7. The average Bonchev–Trinajstić information content (AvgIpc) is 3.28. The van der Waals surface area contributed by atoms with E-state index in [-0.39, 0.29) is 23.2 Å². The van der Waals surface area contributed by atoms with Gasteiger partial charge in [-0.2, -0.15) is 0 Å². The lowest BCUT2D eigenvalue weighted by atomic mass is 10.0. The number of hydrogen-bond donors (Lipinski definition) is 3. The number of nitrogens with zero attached hydrogens (tertiary/aromatic N) is 3. The van der Waals surface area contributed by atoms with Crippen LogP contribution in [-0.2, 0) is 11.8 Å². The number of alkyl carbamates (subject to hydrolysis) is 1. The van der Waals surface area contributed by atoms with Gasteiger partial charge in [-0.1, -0.05) is 18.2 Å². The lowest BCUT2D eigenvalue weighted by molar-refractivity contribution is 0.0508. The van der Waals surface area contributed by atoms with Gasteiger partial charge in [-0.3, -0.25) is 9.36 Å². The Bertz CT molecular complexity index is 1440. The fourth-order valence-electron chi connectivity index (χ4n) is 4.79. The molecular formula is C28H35N5O5. The third-order valence-corrected chi connectivity index (χ3v) is 6.52. The third kappa shape index (κ3) is 5.74. The number of carbonyl (C=O) groups is 2. The van der Waals surface area contributed by atoms with Crippen LogP contribution in [0.1, 0.15) is 61.6 Å². The molecule has 202 valence electrons. The van der Waals surface area contributed by atoms with E-state index in [9.17, 15) is 19.5 Å². The molecule has 1 aromatic heterocycles. The zero-order valence-electron chi connectivity index (χ0n) is 22.7. The van der Waals surface area contributed by atoms with Crippen molar-refractivity contribution in [1.82, 2.24) is 14.9 Å². The van der Waals surface area contributed by atoms with Crippen molar-refractivity contribution in [3.05, 3.63) is 63.4 Å². The Kier molecular flexibility index (Phi) is 7.35. The van der Waals surface area contributed by atoms with Crippen molar-refractivity contribution in [2.45, 2.75) is 58.7 Å². The van der Waals surface area contributed by atoms with Gasteiger partial charge in [0.2, 0.25) is 5.95 Å². The van der Waals surface area contributed by atoms with Crippen molar-refractivity contribution in [3.63, 3.8) is 0 Å². The second kappa shape index (κ2) is 10.4. The molecule has 38 heavy (non-hydrogen) atoms. The number of carboxylic acids is 1. The summed E-state index contributed by atoms with van der Waals surface area (Å²) in [7, 11) is 1.70. The lowest BCUT2D eigenvalue weighted by Gasteiger charge is -2.24. The van der Waals surface area contributed by atoms with Gasteiger partial charge in [-0.05, 0) is 64.8 Å². The van der Waals surface area contributed by atoms with Crippen LogP contribution in [0.4, 0.5) is 16.4 Å². The highest BCUT2D eigenvalue weighted by atomic mass is 16.6. The zero-order chi connectivity index (χ0) is 27.8. The van der Waals surface area contributed by atoms with E-state index in [4.69, 9.17) is 9.72 Å². The first kappa shape index (κ1) is 27.0. The SMILES string of the molecule is Cc1cc(C(C)Nc2ccccc2C(=O)O)c2nc(N3CCC(NC(=O)OC(C)(C)C)C3)n(C)c(=O)c2c1. The maximum atomic E-state index is 13.5. The summed E-state index contributed by atoms with van der Waals surface area (Å²) in [6.07, 6.45) is 0.224. The molecule has 2 aromatic carbocycles. The molecule has 0 aliphatic carbocycles. The number of aryl methyl sites for hydroxylation is 1. The maximum absolute atomic E-state index is 13.5. The van der Waals surface area contributed by atoms with Crippen LogP contribution in [0.15, 0.2) is 41.2 Å². The Morgan fingerprint density at radius 1 is 1.21 bits per heavy atom. The minimum Gasteiger partial charge on any atom is -0.478 e. The van der Waals surface area contributed by atoms with Crippen molar-refractivity contribution < 1.29 is 19.4 Å². The van der Waals surface area contributed by atoms with Crippen molar-refractivity contribution in [3.8, 4) is 0 Å². The smallest absolute Gasteiger partial charge is 0.407 e. The number of carboxylic acid groups (broad SMARTS) is 1. The number of fused-ring (bicyclic) bond motifs is 1. The highest BCUT2D eigenvalue weighted by Gasteiger charge is 2.29. The van der Waals surface area contributed by atoms with Gasteiger partial charge >= 0.3 is 12.1 Å². The minimum atomic E-state index is -1.02. The molecule has 3 N–H and O–H groups in total. The number of hydrogen-bond acceptors (Lipinski definition) is 7. The molecule has 2 heterocycles. The highest BCUT2D eigenvalue weighted by Crippen LogP contribution is 2.29. The van der Waals surface area contributed by atoms with Gasteiger partial charge in [-0.15, -0.1) is 0 Å². The van der Waals surface area contributed by atoms with Gasteiger partial charge < -0.3 is 25.4 Å².